The third kappa shape index (κ3) is 4.10. The van der Waals surface area contributed by atoms with E-state index in [1.165, 1.54) is 7.11 Å². The van der Waals surface area contributed by atoms with E-state index in [9.17, 15) is 17.2 Å². The van der Waals surface area contributed by atoms with Gasteiger partial charge in [0.15, 0.2) is 11.6 Å². The van der Waals surface area contributed by atoms with Gasteiger partial charge >= 0.3 is 0 Å². The number of halogens is 3. The Bertz CT molecular complexity index is 551. The molecule has 1 atom stereocenters. The molecular weight excluding hydrogens is 300 g/mol. The number of benzene rings is 1. The fourth-order valence-corrected chi connectivity index (χ4v) is 2.68. The second-order valence-corrected chi connectivity index (χ2v) is 5.92. The van der Waals surface area contributed by atoms with Crippen molar-refractivity contribution in [3.05, 3.63) is 29.3 Å². The van der Waals surface area contributed by atoms with E-state index in [1.807, 2.05) is 0 Å². The lowest BCUT2D eigenvalue weighted by molar-refractivity contribution is 0.122. The normalized spacial score (nSPS) is 13.5. The molecule has 0 saturated carbocycles. The molecule has 19 heavy (non-hydrogen) atoms. The molecule has 0 aliphatic rings. The van der Waals surface area contributed by atoms with Crippen LogP contribution in [-0.2, 0) is 20.6 Å². The Labute approximate surface area is 115 Å². The molecule has 108 valence electrons. The minimum absolute atomic E-state index is 0.0506. The van der Waals surface area contributed by atoms with Gasteiger partial charge in [-0.25, -0.2) is 21.9 Å². The summed E-state index contributed by atoms with van der Waals surface area (Å²) in [6.07, 6.45) is -0.390. The summed E-state index contributed by atoms with van der Waals surface area (Å²) in [6.45, 7) is 1.58. The van der Waals surface area contributed by atoms with Crippen LogP contribution in [0.4, 0.5) is 8.78 Å². The molecule has 0 aliphatic heterocycles. The predicted octanol–water partition coefficient (Wildman–Crippen LogP) is 2.02. The highest BCUT2D eigenvalue weighted by Gasteiger charge is 2.23. The topological polar surface area (TPSA) is 55.4 Å². The average Bonchev–Trinajstić information content (AvgIpc) is 2.38. The van der Waals surface area contributed by atoms with Crippen molar-refractivity contribution < 1.29 is 21.9 Å². The quantitative estimate of drug-likeness (QED) is 0.818. The molecule has 0 radical (unpaired) electrons. The molecule has 1 unspecified atom stereocenters. The Kier molecular flexibility index (Phi) is 5.66. The maximum atomic E-state index is 13.6. The molecular formula is C11H14ClF2NO3S. The molecule has 8 heteroatoms. The fourth-order valence-electron chi connectivity index (χ4n) is 1.28. The summed E-state index contributed by atoms with van der Waals surface area (Å²) in [5.41, 5.74) is 0.181. The Balaban J connectivity index is 3.10. The van der Waals surface area contributed by atoms with Crippen molar-refractivity contribution in [3.8, 4) is 0 Å². The van der Waals surface area contributed by atoms with E-state index < -0.39 is 26.6 Å². The van der Waals surface area contributed by atoms with Crippen molar-refractivity contribution in [2.45, 2.75) is 23.8 Å². The molecule has 0 heterocycles. The van der Waals surface area contributed by atoms with E-state index in [4.69, 9.17) is 16.3 Å². The van der Waals surface area contributed by atoms with Gasteiger partial charge in [0, 0.05) is 19.5 Å². The highest BCUT2D eigenvalue weighted by molar-refractivity contribution is 7.89. The van der Waals surface area contributed by atoms with Gasteiger partial charge in [-0.2, -0.15) is 0 Å². The Morgan fingerprint density at radius 1 is 1.42 bits per heavy atom. The maximum Gasteiger partial charge on any atom is 0.243 e. The first kappa shape index (κ1) is 16.3. The summed E-state index contributed by atoms with van der Waals surface area (Å²) in [7, 11) is -2.74. The van der Waals surface area contributed by atoms with Crippen molar-refractivity contribution in [1.82, 2.24) is 4.72 Å². The number of rotatable bonds is 6. The number of ether oxygens (including phenoxy) is 1. The van der Waals surface area contributed by atoms with Gasteiger partial charge in [0.25, 0.3) is 0 Å². The molecule has 1 rings (SSSR count). The minimum Gasteiger partial charge on any atom is -0.380 e. The van der Waals surface area contributed by atoms with Crippen molar-refractivity contribution in [2.75, 3.05) is 13.7 Å². The molecule has 0 aromatic heterocycles. The number of sulfonamides is 1. The number of methoxy groups -OCH3 is 1. The smallest absolute Gasteiger partial charge is 0.243 e. The summed E-state index contributed by atoms with van der Waals surface area (Å²) in [5.74, 6) is -2.79. The van der Waals surface area contributed by atoms with Crippen LogP contribution in [0.15, 0.2) is 17.0 Å². The molecule has 1 aromatic carbocycles. The summed E-state index contributed by atoms with van der Waals surface area (Å²) < 4.78 is 57.6. The summed E-state index contributed by atoms with van der Waals surface area (Å²) >= 11 is 5.50. The first-order valence-corrected chi connectivity index (χ1v) is 7.40. The highest BCUT2D eigenvalue weighted by atomic mass is 35.5. The molecule has 0 aliphatic carbocycles. The summed E-state index contributed by atoms with van der Waals surface area (Å²) in [4.78, 5) is -0.758. The van der Waals surface area contributed by atoms with Crippen molar-refractivity contribution in [1.29, 1.82) is 0 Å². The molecule has 0 saturated heterocycles. The van der Waals surface area contributed by atoms with Crippen LogP contribution in [0.1, 0.15) is 12.5 Å². The van der Waals surface area contributed by atoms with E-state index in [1.54, 1.807) is 6.92 Å². The van der Waals surface area contributed by atoms with Gasteiger partial charge in [-0.1, -0.05) is 0 Å². The standard InChI is InChI=1S/C11H14ClF2NO3S/c1-7(18-2)6-15-19(16,17)10-4-8(5-12)3-9(13)11(10)14/h3-4,7,15H,5-6H2,1-2H3. The summed E-state index contributed by atoms with van der Waals surface area (Å²) in [6, 6.07) is 1.87. The fraction of sp³-hybridized carbons (Fsp3) is 0.455. The number of nitrogens with one attached hydrogen (secondary N) is 1. The van der Waals surface area contributed by atoms with Crippen molar-refractivity contribution >= 4 is 21.6 Å². The SMILES string of the molecule is COC(C)CNS(=O)(=O)c1cc(CCl)cc(F)c1F. The van der Waals surface area contributed by atoms with Crippen LogP contribution < -0.4 is 4.72 Å². The third-order valence-electron chi connectivity index (χ3n) is 2.46. The molecule has 1 N–H and O–H groups in total. The number of hydrogen-bond donors (Lipinski definition) is 1. The second-order valence-electron chi connectivity index (χ2n) is 3.92. The first-order chi connectivity index (χ1) is 8.81. The molecule has 0 amide bonds. The minimum atomic E-state index is -4.15. The predicted molar refractivity (Wildman–Crippen MR) is 67.6 cm³/mol. The van der Waals surface area contributed by atoms with E-state index >= 15 is 0 Å². The lowest BCUT2D eigenvalue weighted by Gasteiger charge is -2.12. The molecule has 0 spiro atoms. The lowest BCUT2D eigenvalue weighted by atomic mass is 10.2. The van der Waals surface area contributed by atoms with E-state index in [0.29, 0.717) is 0 Å². The van der Waals surface area contributed by atoms with Crippen LogP contribution in [0.3, 0.4) is 0 Å². The maximum absolute atomic E-state index is 13.6. The van der Waals surface area contributed by atoms with Crippen molar-refractivity contribution in [3.63, 3.8) is 0 Å². The van der Waals surface area contributed by atoms with Crippen molar-refractivity contribution in [2.24, 2.45) is 0 Å². The van der Waals surface area contributed by atoms with Gasteiger partial charge in [-0.3, -0.25) is 0 Å². The average molecular weight is 314 g/mol. The monoisotopic (exact) mass is 313 g/mol. The van der Waals surface area contributed by atoms with Crippen LogP contribution in [0.25, 0.3) is 0 Å². The first-order valence-electron chi connectivity index (χ1n) is 5.38. The van der Waals surface area contributed by atoms with Crippen LogP contribution in [-0.4, -0.2) is 28.2 Å². The van der Waals surface area contributed by atoms with Crippen LogP contribution in [0.5, 0.6) is 0 Å². The van der Waals surface area contributed by atoms with Crippen LogP contribution in [0.2, 0.25) is 0 Å². The van der Waals surface area contributed by atoms with Gasteiger partial charge in [-0.15, -0.1) is 11.6 Å². The molecule has 1 aromatic rings. The largest absolute Gasteiger partial charge is 0.380 e. The number of alkyl halides is 1. The Morgan fingerprint density at radius 3 is 2.58 bits per heavy atom. The zero-order chi connectivity index (χ0) is 14.6. The van der Waals surface area contributed by atoms with Crippen LogP contribution in [0, 0.1) is 11.6 Å². The van der Waals surface area contributed by atoms with Gasteiger partial charge in [-0.05, 0) is 24.6 Å². The van der Waals surface area contributed by atoms with Crippen LogP contribution >= 0.6 is 11.6 Å². The zero-order valence-electron chi connectivity index (χ0n) is 10.4. The lowest BCUT2D eigenvalue weighted by Crippen LogP contribution is -2.32. The highest BCUT2D eigenvalue weighted by Crippen LogP contribution is 2.20. The van der Waals surface area contributed by atoms with Gasteiger partial charge in [0.2, 0.25) is 10.0 Å². The van der Waals surface area contributed by atoms with Gasteiger partial charge in [0.05, 0.1) is 6.10 Å². The Morgan fingerprint density at radius 2 is 2.05 bits per heavy atom. The second kappa shape index (κ2) is 6.60. The number of hydrogen-bond acceptors (Lipinski definition) is 3. The van der Waals surface area contributed by atoms with Gasteiger partial charge in [0.1, 0.15) is 4.90 Å². The molecule has 0 fully saturated rings. The molecule has 0 bridgehead atoms. The van der Waals surface area contributed by atoms with E-state index in [2.05, 4.69) is 4.72 Å². The van der Waals surface area contributed by atoms with E-state index in [0.717, 1.165) is 12.1 Å². The summed E-state index contributed by atoms with van der Waals surface area (Å²) in [5, 5.41) is 0. The van der Waals surface area contributed by atoms with Gasteiger partial charge < -0.3 is 4.74 Å². The molecule has 4 nitrogen and oxygen atoms in total. The van der Waals surface area contributed by atoms with E-state index in [-0.39, 0.29) is 24.1 Å². The Hall–Kier alpha value is -0.760. The third-order valence-corrected chi connectivity index (χ3v) is 4.19. The zero-order valence-corrected chi connectivity index (χ0v) is 12.0.